The molecule has 0 aliphatic heterocycles. The Morgan fingerprint density at radius 3 is 2.95 bits per heavy atom. The molecule has 1 atom stereocenters. The van der Waals surface area contributed by atoms with Crippen molar-refractivity contribution >= 4 is 11.6 Å². The Morgan fingerprint density at radius 2 is 2.25 bits per heavy atom. The normalized spacial score (nSPS) is 12.6. The van der Waals surface area contributed by atoms with Crippen LogP contribution in [0.4, 0.5) is 4.39 Å². The predicted octanol–water partition coefficient (Wildman–Crippen LogP) is 3.12. The van der Waals surface area contributed by atoms with E-state index in [-0.39, 0.29) is 11.9 Å². The molecule has 0 aliphatic carbocycles. The molecule has 108 valence electrons. The van der Waals surface area contributed by atoms with Gasteiger partial charge in [-0.05, 0) is 24.1 Å². The van der Waals surface area contributed by atoms with E-state index in [0.29, 0.717) is 29.6 Å². The Kier molecular flexibility index (Phi) is 5.09. The quantitative estimate of drug-likeness (QED) is 0.889. The van der Waals surface area contributed by atoms with Gasteiger partial charge < -0.3 is 10.3 Å². The molecule has 4 nitrogen and oxygen atoms in total. The van der Waals surface area contributed by atoms with E-state index in [1.54, 1.807) is 6.07 Å². The number of halogens is 2. The molecule has 0 radical (unpaired) electrons. The second-order valence-corrected chi connectivity index (χ2v) is 5.18. The maximum Gasteiger partial charge on any atom is 0.228 e. The van der Waals surface area contributed by atoms with E-state index < -0.39 is 0 Å². The fourth-order valence-corrected chi connectivity index (χ4v) is 2.21. The van der Waals surface area contributed by atoms with Crippen LogP contribution in [0.1, 0.15) is 37.0 Å². The maximum absolute atomic E-state index is 13.0. The summed E-state index contributed by atoms with van der Waals surface area (Å²) in [6.07, 6.45) is 2.92. The van der Waals surface area contributed by atoms with Crippen LogP contribution in [0.15, 0.2) is 22.7 Å². The fourth-order valence-electron chi connectivity index (χ4n) is 1.98. The standard InChI is InChI=1S/C14H17ClFN3O/c1-2-3-11(17)8-14-18-13(19-20-14)6-9-4-5-10(16)7-12(9)15/h4-5,7,11H,2-3,6,8,17H2,1H3. The van der Waals surface area contributed by atoms with Gasteiger partial charge in [-0.3, -0.25) is 0 Å². The van der Waals surface area contributed by atoms with Gasteiger partial charge in [0.15, 0.2) is 5.82 Å². The summed E-state index contributed by atoms with van der Waals surface area (Å²) >= 11 is 5.97. The van der Waals surface area contributed by atoms with Crippen LogP contribution in [0.3, 0.4) is 0 Å². The lowest BCUT2D eigenvalue weighted by molar-refractivity contribution is 0.361. The number of hydrogen-bond acceptors (Lipinski definition) is 4. The lowest BCUT2D eigenvalue weighted by Gasteiger charge is -2.05. The summed E-state index contributed by atoms with van der Waals surface area (Å²) in [6.45, 7) is 2.08. The summed E-state index contributed by atoms with van der Waals surface area (Å²) in [5.74, 6) is 0.689. The van der Waals surface area contributed by atoms with Crippen LogP contribution >= 0.6 is 11.6 Å². The van der Waals surface area contributed by atoms with Crippen molar-refractivity contribution in [3.8, 4) is 0 Å². The fraction of sp³-hybridized carbons (Fsp3) is 0.429. The van der Waals surface area contributed by atoms with Crippen LogP contribution < -0.4 is 5.73 Å². The Labute approximate surface area is 122 Å². The van der Waals surface area contributed by atoms with Gasteiger partial charge >= 0.3 is 0 Å². The van der Waals surface area contributed by atoms with Crippen molar-refractivity contribution in [3.63, 3.8) is 0 Å². The highest BCUT2D eigenvalue weighted by Gasteiger charge is 2.12. The molecule has 0 bridgehead atoms. The van der Waals surface area contributed by atoms with Crippen LogP contribution in [-0.2, 0) is 12.8 Å². The minimum absolute atomic E-state index is 0.0303. The molecule has 20 heavy (non-hydrogen) atoms. The highest BCUT2D eigenvalue weighted by atomic mass is 35.5. The van der Waals surface area contributed by atoms with Crippen molar-refractivity contribution in [3.05, 3.63) is 46.3 Å². The number of rotatable bonds is 6. The van der Waals surface area contributed by atoms with Crippen LogP contribution in [0.2, 0.25) is 5.02 Å². The summed E-state index contributed by atoms with van der Waals surface area (Å²) in [7, 11) is 0. The van der Waals surface area contributed by atoms with E-state index in [1.807, 2.05) is 0 Å². The number of benzene rings is 1. The van der Waals surface area contributed by atoms with Crippen LogP contribution in [0.5, 0.6) is 0 Å². The second-order valence-electron chi connectivity index (χ2n) is 4.77. The summed E-state index contributed by atoms with van der Waals surface area (Å²) in [5, 5.41) is 4.25. The molecule has 2 rings (SSSR count). The van der Waals surface area contributed by atoms with Crippen molar-refractivity contribution in [1.29, 1.82) is 0 Å². The van der Waals surface area contributed by atoms with E-state index in [1.165, 1.54) is 12.1 Å². The SMILES string of the molecule is CCCC(N)Cc1nc(Cc2ccc(F)cc2Cl)no1. The van der Waals surface area contributed by atoms with Gasteiger partial charge in [0.2, 0.25) is 5.89 Å². The Balaban J connectivity index is 2.02. The largest absolute Gasteiger partial charge is 0.339 e. The molecular weight excluding hydrogens is 281 g/mol. The van der Waals surface area contributed by atoms with Crippen molar-refractivity contribution in [2.24, 2.45) is 5.73 Å². The lowest BCUT2D eigenvalue weighted by Crippen LogP contribution is -2.22. The van der Waals surface area contributed by atoms with Gasteiger partial charge in [0.25, 0.3) is 0 Å². The van der Waals surface area contributed by atoms with Gasteiger partial charge in [0.05, 0.1) is 0 Å². The molecule has 2 aromatic rings. The van der Waals surface area contributed by atoms with Crippen LogP contribution in [-0.4, -0.2) is 16.2 Å². The van der Waals surface area contributed by atoms with Gasteiger partial charge in [-0.1, -0.05) is 36.2 Å². The van der Waals surface area contributed by atoms with E-state index in [9.17, 15) is 4.39 Å². The highest BCUT2D eigenvalue weighted by molar-refractivity contribution is 6.31. The topological polar surface area (TPSA) is 64.9 Å². The number of hydrogen-bond donors (Lipinski definition) is 1. The van der Waals surface area contributed by atoms with Gasteiger partial charge in [-0.25, -0.2) is 4.39 Å². The third-order valence-electron chi connectivity index (χ3n) is 2.97. The molecular formula is C14H17ClFN3O. The first-order valence-electron chi connectivity index (χ1n) is 6.59. The van der Waals surface area contributed by atoms with Crippen molar-refractivity contribution < 1.29 is 8.91 Å². The average molecular weight is 298 g/mol. The molecule has 1 heterocycles. The Morgan fingerprint density at radius 1 is 1.45 bits per heavy atom. The van der Waals surface area contributed by atoms with Gasteiger partial charge in [-0.15, -0.1) is 0 Å². The average Bonchev–Trinajstić information content (AvgIpc) is 2.80. The molecule has 1 unspecified atom stereocenters. The van der Waals surface area contributed by atoms with E-state index in [4.69, 9.17) is 21.9 Å². The third-order valence-corrected chi connectivity index (χ3v) is 3.32. The monoisotopic (exact) mass is 297 g/mol. The minimum atomic E-state index is -0.363. The summed E-state index contributed by atoms with van der Waals surface area (Å²) in [4.78, 5) is 4.28. The lowest BCUT2D eigenvalue weighted by atomic mass is 10.1. The summed E-state index contributed by atoms with van der Waals surface area (Å²) in [5.41, 5.74) is 6.69. The molecule has 0 amide bonds. The minimum Gasteiger partial charge on any atom is -0.339 e. The van der Waals surface area contributed by atoms with Gasteiger partial charge in [-0.2, -0.15) is 4.98 Å². The molecule has 1 aromatic carbocycles. The highest BCUT2D eigenvalue weighted by Crippen LogP contribution is 2.19. The van der Waals surface area contributed by atoms with Crippen LogP contribution in [0, 0.1) is 5.82 Å². The molecule has 2 N–H and O–H groups in total. The summed E-state index contributed by atoms with van der Waals surface area (Å²) in [6, 6.07) is 4.29. The first-order valence-corrected chi connectivity index (χ1v) is 6.97. The Bertz CT molecular complexity index is 573. The second kappa shape index (κ2) is 6.81. The zero-order valence-electron chi connectivity index (χ0n) is 11.3. The molecule has 6 heteroatoms. The van der Waals surface area contributed by atoms with E-state index >= 15 is 0 Å². The molecule has 0 spiro atoms. The zero-order chi connectivity index (χ0) is 14.5. The molecule has 0 fully saturated rings. The number of aromatic nitrogens is 2. The molecule has 1 aromatic heterocycles. The maximum atomic E-state index is 13.0. The number of nitrogens with zero attached hydrogens (tertiary/aromatic N) is 2. The van der Waals surface area contributed by atoms with E-state index in [2.05, 4.69) is 17.1 Å². The van der Waals surface area contributed by atoms with Gasteiger partial charge in [0, 0.05) is 23.9 Å². The molecule has 0 saturated heterocycles. The first-order chi connectivity index (χ1) is 9.58. The summed E-state index contributed by atoms with van der Waals surface area (Å²) < 4.78 is 18.1. The number of nitrogens with two attached hydrogens (primary N) is 1. The third kappa shape index (κ3) is 4.02. The molecule has 0 saturated carbocycles. The Hall–Kier alpha value is -1.46. The van der Waals surface area contributed by atoms with Crippen LogP contribution in [0.25, 0.3) is 0 Å². The smallest absolute Gasteiger partial charge is 0.228 e. The predicted molar refractivity (Wildman–Crippen MR) is 75.1 cm³/mol. The van der Waals surface area contributed by atoms with Crippen molar-refractivity contribution in [2.75, 3.05) is 0 Å². The van der Waals surface area contributed by atoms with Crippen molar-refractivity contribution in [1.82, 2.24) is 10.1 Å². The molecule has 0 aliphatic rings. The van der Waals surface area contributed by atoms with E-state index in [0.717, 1.165) is 18.4 Å². The zero-order valence-corrected chi connectivity index (χ0v) is 12.0. The first kappa shape index (κ1) is 14.9. The van der Waals surface area contributed by atoms with Crippen molar-refractivity contribution in [2.45, 2.75) is 38.6 Å². The van der Waals surface area contributed by atoms with Gasteiger partial charge in [0.1, 0.15) is 5.82 Å².